The van der Waals surface area contributed by atoms with Crippen LogP contribution in [-0.2, 0) is 9.53 Å². The minimum atomic E-state index is -0.496. The molecule has 1 amide bonds. The zero-order chi connectivity index (χ0) is 27.9. The van der Waals surface area contributed by atoms with Crippen molar-refractivity contribution in [3.63, 3.8) is 0 Å². The van der Waals surface area contributed by atoms with Crippen molar-refractivity contribution in [2.45, 2.75) is 66.0 Å². The summed E-state index contributed by atoms with van der Waals surface area (Å²) in [5.74, 6) is 6.16. The zero-order valence-corrected chi connectivity index (χ0v) is 24.4. The summed E-state index contributed by atoms with van der Waals surface area (Å²) in [6, 6.07) is 12.7. The van der Waals surface area contributed by atoms with Crippen LogP contribution in [-0.4, -0.2) is 61.5 Å². The third-order valence-corrected chi connectivity index (χ3v) is 5.61. The van der Waals surface area contributed by atoms with Gasteiger partial charge in [-0.05, 0) is 95.8 Å². The van der Waals surface area contributed by atoms with Crippen LogP contribution in [0.2, 0.25) is 0 Å². The van der Waals surface area contributed by atoms with Crippen molar-refractivity contribution in [3.8, 4) is 17.2 Å². The summed E-state index contributed by atoms with van der Waals surface area (Å²) >= 11 is 0. The van der Waals surface area contributed by atoms with Crippen molar-refractivity contribution in [2.24, 2.45) is 10.9 Å². The van der Waals surface area contributed by atoms with Gasteiger partial charge in [0, 0.05) is 18.2 Å². The number of hydrazone groups is 1. The Morgan fingerprint density at radius 3 is 2.05 bits per heavy atom. The average molecular weight is 564 g/mol. The average Bonchev–Trinajstić information content (AvgIpc) is 2.88. The molecule has 2 N–H and O–H groups in total. The largest absolute Gasteiger partial charge is 0.494 e. The highest BCUT2D eigenvalue weighted by molar-refractivity contribution is 5.97. The molecule has 2 aromatic rings. The Kier molecular flexibility index (Phi) is 15.4. The second-order valence-electron chi connectivity index (χ2n) is 9.26. The van der Waals surface area contributed by atoms with Crippen molar-refractivity contribution in [1.29, 1.82) is 0 Å². The fourth-order valence-corrected chi connectivity index (χ4v) is 3.93. The normalized spacial score (nSPS) is 10.8. The quantitative estimate of drug-likeness (QED) is 0.0978. The molecule has 0 saturated heterocycles. The molecule has 0 aliphatic rings. The van der Waals surface area contributed by atoms with E-state index in [1.807, 2.05) is 52.0 Å². The lowest BCUT2D eigenvalue weighted by molar-refractivity contribution is -0.145. The van der Waals surface area contributed by atoms with Gasteiger partial charge in [0.2, 0.25) is 0 Å². The number of ether oxygens (including phenoxy) is 4. The second-order valence-corrected chi connectivity index (χ2v) is 9.26. The van der Waals surface area contributed by atoms with Gasteiger partial charge < -0.3 is 29.7 Å². The van der Waals surface area contributed by atoms with E-state index in [1.54, 1.807) is 36.2 Å². The number of amides is 1. The van der Waals surface area contributed by atoms with Crippen molar-refractivity contribution in [1.82, 2.24) is 4.90 Å². The highest BCUT2D eigenvalue weighted by Gasteiger charge is 2.25. The second kappa shape index (κ2) is 17.9. The summed E-state index contributed by atoms with van der Waals surface area (Å²) in [5.41, 5.74) is 1.30. The van der Waals surface area contributed by atoms with E-state index in [1.165, 1.54) is 0 Å². The topological polar surface area (TPSA) is 113 Å². The van der Waals surface area contributed by atoms with Crippen molar-refractivity contribution >= 4 is 30.5 Å². The van der Waals surface area contributed by atoms with Crippen molar-refractivity contribution in [2.75, 3.05) is 26.4 Å². The summed E-state index contributed by atoms with van der Waals surface area (Å²) in [4.78, 5) is 26.9. The fraction of sp³-hybridized carbons (Fsp3) is 0.483. The molecule has 0 radical (unpaired) electrons. The highest BCUT2D eigenvalue weighted by atomic mass is 35.5. The molecule has 216 valence electrons. The van der Waals surface area contributed by atoms with E-state index >= 15 is 0 Å². The molecular weight excluding hydrogens is 522 g/mol. The minimum Gasteiger partial charge on any atom is -0.494 e. The number of carbonyl (C=O) groups excluding carboxylic acids is 2. The summed E-state index contributed by atoms with van der Waals surface area (Å²) in [6.07, 6.45) is 4.23. The molecule has 0 heterocycles. The summed E-state index contributed by atoms with van der Waals surface area (Å²) in [7, 11) is 0. The number of esters is 1. The van der Waals surface area contributed by atoms with Gasteiger partial charge in [-0.25, -0.2) is 4.79 Å². The van der Waals surface area contributed by atoms with Crippen LogP contribution in [0.4, 0.5) is 0 Å². The van der Waals surface area contributed by atoms with Gasteiger partial charge in [-0.1, -0.05) is 0 Å². The van der Waals surface area contributed by atoms with E-state index < -0.39 is 5.97 Å². The number of benzene rings is 2. The Hall–Kier alpha value is -3.46. The number of carbonyl (C=O) groups is 2. The number of nitrogens with zero attached hydrogens (tertiary/aromatic N) is 2. The highest BCUT2D eigenvalue weighted by Crippen LogP contribution is 2.28. The Morgan fingerprint density at radius 2 is 1.49 bits per heavy atom. The first-order valence-corrected chi connectivity index (χ1v) is 13.1. The lowest BCUT2D eigenvalue weighted by Crippen LogP contribution is -2.42. The molecule has 39 heavy (non-hydrogen) atoms. The maximum atomic E-state index is 13.3. The summed E-state index contributed by atoms with van der Waals surface area (Å²) in [6.45, 7) is 10.7. The summed E-state index contributed by atoms with van der Waals surface area (Å²) in [5, 5.41) is 3.50. The molecule has 0 aliphatic carbocycles. The lowest BCUT2D eigenvalue weighted by Gasteiger charge is -2.31. The maximum Gasteiger partial charge on any atom is 0.344 e. The third kappa shape index (κ3) is 11.4. The van der Waals surface area contributed by atoms with Crippen molar-refractivity contribution in [3.05, 3.63) is 53.6 Å². The van der Waals surface area contributed by atoms with Crippen LogP contribution < -0.4 is 20.1 Å². The Bertz CT molecular complexity index is 1040. The predicted octanol–water partition coefficient (Wildman–Crippen LogP) is 5.23. The standard InChI is InChI=1S/C29H41N3O6.ClH/c1-6-35-28(33)20-38-27-18-25(14-15-26(27)29(34)32(21(2)3)22(4)5)37-17-9-7-8-16-36-24-12-10-23(11-13-24)19-31-30;/h10-15,18-19,21-22H,6-9,16-17,20,30H2,1-5H3;1H. The van der Waals surface area contributed by atoms with Gasteiger partial charge in [0.05, 0.1) is 31.6 Å². The molecule has 2 aromatic carbocycles. The molecule has 0 aromatic heterocycles. The Balaban J connectivity index is 0.00000760. The number of nitrogens with two attached hydrogens (primary N) is 1. The van der Waals surface area contributed by atoms with Gasteiger partial charge in [0.15, 0.2) is 6.61 Å². The maximum absolute atomic E-state index is 13.3. The van der Waals surface area contributed by atoms with E-state index in [-0.39, 0.29) is 43.6 Å². The van der Waals surface area contributed by atoms with E-state index in [2.05, 4.69) is 5.10 Å². The Labute approximate surface area is 238 Å². The molecule has 0 saturated carbocycles. The SMILES string of the molecule is CCOC(=O)COc1cc(OCCCCCOc2ccc(C=NN)cc2)ccc1C(=O)N(C(C)C)C(C)C.Cl. The van der Waals surface area contributed by atoms with Gasteiger partial charge >= 0.3 is 5.97 Å². The molecule has 9 nitrogen and oxygen atoms in total. The molecule has 0 fully saturated rings. The Morgan fingerprint density at radius 1 is 0.897 bits per heavy atom. The first-order chi connectivity index (χ1) is 18.3. The number of rotatable bonds is 16. The van der Waals surface area contributed by atoms with Crippen LogP contribution in [0.15, 0.2) is 47.6 Å². The van der Waals surface area contributed by atoms with Crippen LogP contribution in [0.1, 0.15) is 69.8 Å². The monoisotopic (exact) mass is 563 g/mol. The number of unbranched alkanes of at least 4 members (excludes halogenated alkanes) is 2. The molecule has 10 heteroatoms. The number of hydrogen-bond acceptors (Lipinski definition) is 8. The summed E-state index contributed by atoms with van der Waals surface area (Å²) < 4.78 is 22.3. The third-order valence-electron chi connectivity index (χ3n) is 5.61. The van der Waals surface area contributed by atoms with Crippen LogP contribution in [0.3, 0.4) is 0 Å². The molecular formula is C29H42ClN3O6. The minimum absolute atomic E-state index is 0. The molecule has 0 unspecified atom stereocenters. The van der Waals surface area contributed by atoms with Crippen LogP contribution in [0, 0.1) is 0 Å². The molecule has 2 rings (SSSR count). The van der Waals surface area contributed by atoms with E-state index in [9.17, 15) is 9.59 Å². The predicted molar refractivity (Wildman–Crippen MR) is 155 cm³/mol. The lowest BCUT2D eigenvalue weighted by atomic mass is 10.1. The van der Waals surface area contributed by atoms with Crippen LogP contribution in [0.25, 0.3) is 0 Å². The fourth-order valence-electron chi connectivity index (χ4n) is 3.93. The molecule has 0 bridgehead atoms. The van der Waals surface area contributed by atoms with E-state index in [0.29, 0.717) is 30.3 Å². The zero-order valence-electron chi connectivity index (χ0n) is 23.6. The smallest absolute Gasteiger partial charge is 0.344 e. The first kappa shape index (κ1) is 33.6. The molecule has 0 atom stereocenters. The number of halogens is 1. The van der Waals surface area contributed by atoms with Gasteiger partial charge in [-0.3, -0.25) is 4.79 Å². The van der Waals surface area contributed by atoms with Gasteiger partial charge in [0.25, 0.3) is 5.91 Å². The van der Waals surface area contributed by atoms with Gasteiger partial charge in [-0.15, -0.1) is 12.4 Å². The van der Waals surface area contributed by atoms with Crippen molar-refractivity contribution < 1.29 is 28.5 Å². The van der Waals surface area contributed by atoms with Gasteiger partial charge in [0.1, 0.15) is 17.2 Å². The van der Waals surface area contributed by atoms with E-state index in [0.717, 1.165) is 30.6 Å². The molecule has 0 aliphatic heterocycles. The molecule has 0 spiro atoms. The first-order valence-electron chi connectivity index (χ1n) is 13.1. The van der Waals surface area contributed by atoms with Gasteiger partial charge in [-0.2, -0.15) is 5.10 Å². The van der Waals surface area contributed by atoms with Crippen LogP contribution >= 0.6 is 12.4 Å². The van der Waals surface area contributed by atoms with Crippen LogP contribution in [0.5, 0.6) is 17.2 Å². The van der Waals surface area contributed by atoms with E-state index in [4.69, 9.17) is 24.8 Å². The number of hydrogen-bond donors (Lipinski definition) is 1.